The van der Waals surface area contributed by atoms with Crippen LogP contribution in [0.25, 0.3) is 16.9 Å². The zero-order chi connectivity index (χ0) is 74.0. The molecule has 3 heteroatoms. The maximum absolute atomic E-state index is 12.8. The summed E-state index contributed by atoms with van der Waals surface area (Å²) in [6.45, 7) is 18.5. The third kappa shape index (κ3) is 52.8. The first-order chi connectivity index (χ1) is 50.9. The van der Waals surface area contributed by atoms with Crippen LogP contribution in [0.3, 0.4) is 0 Å². The fourth-order valence-corrected chi connectivity index (χ4v) is 16.8. The van der Waals surface area contributed by atoms with E-state index in [1.165, 1.54) is 384 Å². The molecule has 0 radical (unpaired) electrons. The van der Waals surface area contributed by atoms with Crippen LogP contribution in [-0.2, 0) is 27.3 Å². The molecule has 594 valence electrons. The van der Waals surface area contributed by atoms with Gasteiger partial charge in [-0.3, -0.25) is 0 Å². The predicted molar refractivity (Wildman–Crippen MR) is 460 cm³/mol. The Bertz CT molecular complexity index is 2370. The van der Waals surface area contributed by atoms with E-state index in [-0.39, 0.29) is 0 Å². The Morgan fingerprint density at radius 1 is 0.282 bits per heavy atom. The van der Waals surface area contributed by atoms with Crippen molar-refractivity contribution >= 4 is 11.4 Å². The normalized spacial score (nSPS) is 12.8. The Hall–Kier alpha value is -2.87. The summed E-state index contributed by atoms with van der Waals surface area (Å²) in [6, 6.07) is 18.1. The van der Waals surface area contributed by atoms with E-state index in [0.29, 0.717) is 11.8 Å². The first-order valence-corrected chi connectivity index (χ1v) is 47.8. The maximum atomic E-state index is 12.8. The van der Waals surface area contributed by atoms with Crippen LogP contribution < -0.4 is 0 Å². The van der Waals surface area contributed by atoms with Crippen LogP contribution in [0.1, 0.15) is 501 Å². The van der Waals surface area contributed by atoms with Gasteiger partial charge in [-0.25, -0.2) is 4.70 Å². The molecule has 2 atom stereocenters. The van der Waals surface area contributed by atoms with Crippen LogP contribution in [0.5, 0.6) is 0 Å². The number of nitrogens with zero attached hydrogens (tertiary/aromatic N) is 2. The van der Waals surface area contributed by atoms with Crippen molar-refractivity contribution in [1.29, 1.82) is 0 Å². The molecule has 1 aliphatic heterocycles. The fourth-order valence-electron chi connectivity index (χ4n) is 15.5. The monoisotopic (exact) mass is 1460 g/mol. The van der Waals surface area contributed by atoms with Gasteiger partial charge in [0.2, 0.25) is 11.4 Å². The second kappa shape index (κ2) is 74.6. The standard InChI is InChI=1S/C72H116N2.2C14H29.Ni/c1-7-13-17-20-23-25-27-29-31-33-35-37-39-41-44-51-63(11-5)59-61-65-53-47-49-56-67(65)71-69(55-16-10-4)70(58-46-43-22-19-15-9-3)72(74(71)73)68-57-50-48-54-66(68)62-60-64(12-6)52-45-42-40-38-36-34-32-30-28-26-24-21-18-14-8-2;2*1-3-5-7-9-11-13-14-12-10-8-6-4-2;/h47-50,53-54,56-57,63-64H,7-40,43,46,51-52,55,58-62H2,1-6H3;2*1,3-14H2,2H3;. The number of hydrogen-bond donors (Lipinski definition) is 0. The van der Waals surface area contributed by atoms with Gasteiger partial charge >= 0.3 is 166 Å². The minimum Gasteiger partial charge on any atom is -0.0654 e. The van der Waals surface area contributed by atoms with Crippen molar-refractivity contribution in [2.45, 2.75) is 503 Å². The van der Waals surface area contributed by atoms with Gasteiger partial charge in [-0.1, -0.05) is 297 Å². The molecule has 3 rings (SSSR count). The molecule has 2 unspecified atom stereocenters. The van der Waals surface area contributed by atoms with Crippen molar-refractivity contribution in [2.24, 2.45) is 11.8 Å². The summed E-state index contributed by atoms with van der Waals surface area (Å²) in [5, 5.41) is 2.87. The first-order valence-electron chi connectivity index (χ1n) is 46.4. The van der Waals surface area contributed by atoms with Crippen LogP contribution in [0.15, 0.2) is 59.7 Å². The molecule has 0 fully saturated rings. The van der Waals surface area contributed by atoms with E-state index in [9.17, 15) is 5.53 Å². The fraction of sp³-hybridized carbons (Fsp3) is 0.800. The molecule has 103 heavy (non-hydrogen) atoms. The number of benzene rings is 2. The van der Waals surface area contributed by atoms with Crippen LogP contribution in [0.2, 0.25) is 10.8 Å². The Kier molecular flexibility index (Phi) is 69.7. The van der Waals surface area contributed by atoms with Crippen molar-refractivity contribution in [1.82, 2.24) is 0 Å². The molecule has 1 aliphatic rings. The number of hydrogen-bond acceptors (Lipinski definition) is 0. The van der Waals surface area contributed by atoms with Crippen molar-refractivity contribution in [3.63, 3.8) is 0 Å². The Morgan fingerprint density at radius 2 is 0.534 bits per heavy atom. The van der Waals surface area contributed by atoms with Gasteiger partial charge in [0, 0.05) is 48.0 Å². The van der Waals surface area contributed by atoms with E-state index in [4.69, 9.17) is 0 Å². The number of rotatable bonds is 72. The average Bonchev–Trinajstić information content (AvgIpc) is 1.60. The summed E-state index contributed by atoms with van der Waals surface area (Å²) in [6.07, 6.45) is 91.1. The molecule has 2 aromatic rings. The van der Waals surface area contributed by atoms with Gasteiger partial charge < -0.3 is 5.53 Å². The summed E-state index contributed by atoms with van der Waals surface area (Å²) < 4.78 is 1.67. The second-order valence-corrected chi connectivity index (χ2v) is 33.7. The van der Waals surface area contributed by atoms with Gasteiger partial charge in [-0.05, 0) is 99.3 Å². The molecule has 0 aliphatic carbocycles. The van der Waals surface area contributed by atoms with E-state index < -0.39 is 0 Å². The van der Waals surface area contributed by atoms with Gasteiger partial charge in [-0.15, -0.1) is 23.7 Å². The van der Waals surface area contributed by atoms with E-state index >= 15 is 0 Å². The molecule has 0 amide bonds. The summed E-state index contributed by atoms with van der Waals surface area (Å²) in [5.41, 5.74) is 22.9. The van der Waals surface area contributed by atoms with Gasteiger partial charge in [-0.2, -0.15) is 0 Å². The molecule has 1 heterocycles. The van der Waals surface area contributed by atoms with Crippen molar-refractivity contribution in [3.8, 4) is 23.7 Å². The Labute approximate surface area is 652 Å². The smallest absolute Gasteiger partial charge is 0.0654 e. The zero-order valence-corrected chi connectivity index (χ0v) is 71.5. The summed E-state index contributed by atoms with van der Waals surface area (Å²) >= 11 is 2.04. The van der Waals surface area contributed by atoms with Crippen molar-refractivity contribution in [3.05, 3.63) is 87.5 Å². The second-order valence-electron chi connectivity index (χ2n) is 32.2. The molecule has 0 saturated carbocycles. The van der Waals surface area contributed by atoms with Crippen LogP contribution in [0, 0.1) is 35.5 Å². The SMILES string of the molecule is CCCCCCCCCCCCCCC#CCC(CC)CCc1ccccc1C1=C(CCCC)C(CCCCCCCC)=C(c2ccccc2CCC(CC)CC#CCCCCCCCCCCCCCC)[N+]1=[N-].CCCCCCCCCCCCC[CH2][Ni][CH2]CCCCCCCCCCCCC. The van der Waals surface area contributed by atoms with Crippen molar-refractivity contribution in [2.75, 3.05) is 0 Å². The quantitative estimate of drug-likeness (QED) is 0.0273. The van der Waals surface area contributed by atoms with Gasteiger partial charge in [0.05, 0.1) is 0 Å². The Morgan fingerprint density at radius 3 is 0.825 bits per heavy atom. The molecule has 0 bridgehead atoms. The third-order valence-corrected chi connectivity index (χ3v) is 24.2. The van der Waals surface area contributed by atoms with Gasteiger partial charge in [0.25, 0.3) is 0 Å². The van der Waals surface area contributed by atoms with E-state index in [2.05, 4.69) is 128 Å². The van der Waals surface area contributed by atoms with Crippen LogP contribution in [0.4, 0.5) is 0 Å². The molecule has 0 spiro atoms. The topological polar surface area (TPSA) is 25.3 Å². The molecular weight excluding hydrogens is 1290 g/mol. The van der Waals surface area contributed by atoms with E-state index in [1.807, 2.05) is 14.4 Å². The first kappa shape index (κ1) is 96.2. The van der Waals surface area contributed by atoms with Gasteiger partial charge in [0.1, 0.15) is 0 Å². The summed E-state index contributed by atoms with van der Waals surface area (Å²) in [4.78, 5) is 0. The molecule has 2 aromatic carbocycles. The summed E-state index contributed by atoms with van der Waals surface area (Å²) in [7, 11) is 0. The minimum absolute atomic E-state index is 0.584. The van der Waals surface area contributed by atoms with E-state index in [0.717, 1.165) is 108 Å². The molecule has 0 N–H and O–H groups in total. The third-order valence-electron chi connectivity index (χ3n) is 22.8. The number of allylic oxidation sites excluding steroid dienone is 2. The summed E-state index contributed by atoms with van der Waals surface area (Å²) in [5.74, 6) is 15.6. The van der Waals surface area contributed by atoms with Crippen LogP contribution in [-0.4, -0.2) is 4.70 Å². The molecule has 0 aromatic heterocycles. The van der Waals surface area contributed by atoms with E-state index in [1.54, 1.807) is 4.70 Å². The van der Waals surface area contributed by atoms with Crippen molar-refractivity contribution < 1.29 is 19.1 Å². The molecule has 0 saturated heterocycles. The predicted octanol–water partition coefficient (Wildman–Crippen LogP) is 35.0. The van der Waals surface area contributed by atoms with Gasteiger partial charge in [0.15, 0.2) is 0 Å². The zero-order valence-electron chi connectivity index (χ0n) is 70.5. The average molecular weight is 1460 g/mol. The molecule has 2 nitrogen and oxygen atoms in total. The van der Waals surface area contributed by atoms with Crippen LogP contribution >= 0.6 is 0 Å². The number of aryl methyl sites for hydroxylation is 2. The number of unbranched alkanes of at least 4 members (excludes halogenated alkanes) is 52. The molecular formula is C100H174N2Ni. The Balaban J connectivity index is 0.00000104. The minimum atomic E-state index is 0.584.